The lowest BCUT2D eigenvalue weighted by Crippen LogP contribution is -2.35. The van der Waals surface area contributed by atoms with Gasteiger partial charge in [-0.15, -0.1) is 0 Å². The number of benzene rings is 1. The largest absolute Gasteiger partial charge is 0.490 e. The Bertz CT molecular complexity index is 333. The molecule has 2 nitrogen and oxygen atoms in total. The molecule has 17 heavy (non-hydrogen) atoms. The maximum atomic E-state index is 6.08. The Morgan fingerprint density at radius 3 is 2.53 bits per heavy atom. The molecule has 2 N–H and O–H groups in total. The van der Waals surface area contributed by atoms with Crippen LogP contribution in [0, 0.1) is 5.92 Å². The van der Waals surface area contributed by atoms with Crippen molar-refractivity contribution in [1.29, 1.82) is 0 Å². The highest BCUT2D eigenvalue weighted by atomic mass is 16.5. The van der Waals surface area contributed by atoms with Crippen LogP contribution < -0.4 is 10.5 Å². The summed E-state index contributed by atoms with van der Waals surface area (Å²) >= 11 is 0. The van der Waals surface area contributed by atoms with Crippen LogP contribution >= 0.6 is 0 Å². The summed E-state index contributed by atoms with van der Waals surface area (Å²) in [5.41, 5.74) is 7.17. The van der Waals surface area contributed by atoms with E-state index in [2.05, 4.69) is 31.2 Å². The summed E-state index contributed by atoms with van der Waals surface area (Å²) in [6, 6.07) is 8.47. The molecule has 0 aliphatic heterocycles. The molecule has 0 amide bonds. The lowest BCUT2D eigenvalue weighted by atomic mass is 9.86. The summed E-state index contributed by atoms with van der Waals surface area (Å²) in [5.74, 6) is 1.53. The average molecular weight is 233 g/mol. The molecule has 2 heteroatoms. The molecule has 0 heterocycles. The molecule has 0 bridgehead atoms. The number of nitrogens with two attached hydrogens (primary N) is 1. The molecule has 0 aromatic heterocycles. The minimum atomic E-state index is 0.321. The average Bonchev–Trinajstić information content (AvgIpc) is 2.40. The Morgan fingerprint density at radius 2 is 1.88 bits per heavy atom. The monoisotopic (exact) mass is 233 g/mol. The van der Waals surface area contributed by atoms with Gasteiger partial charge in [0.15, 0.2) is 0 Å². The first-order chi connectivity index (χ1) is 8.33. The second-order valence-electron chi connectivity index (χ2n) is 4.93. The van der Waals surface area contributed by atoms with E-state index in [0.29, 0.717) is 12.0 Å². The highest BCUT2D eigenvalue weighted by molar-refractivity contribution is 5.27. The summed E-state index contributed by atoms with van der Waals surface area (Å²) in [6.45, 7) is 2.92. The van der Waals surface area contributed by atoms with Crippen LogP contribution in [0.2, 0.25) is 0 Å². The van der Waals surface area contributed by atoms with Crippen molar-refractivity contribution in [1.82, 2.24) is 0 Å². The van der Waals surface area contributed by atoms with Crippen LogP contribution in [0.5, 0.6) is 5.75 Å². The fraction of sp³-hybridized carbons (Fsp3) is 0.600. The summed E-state index contributed by atoms with van der Waals surface area (Å²) in [7, 11) is 0. The lowest BCUT2D eigenvalue weighted by molar-refractivity contribution is 0.0970. The predicted molar refractivity (Wildman–Crippen MR) is 71.2 cm³/mol. The zero-order valence-corrected chi connectivity index (χ0v) is 10.7. The van der Waals surface area contributed by atoms with Gasteiger partial charge < -0.3 is 10.5 Å². The molecule has 1 saturated carbocycles. The molecule has 0 spiro atoms. The van der Waals surface area contributed by atoms with E-state index < -0.39 is 0 Å². The third-order valence-corrected chi connectivity index (χ3v) is 3.76. The number of hydrogen-bond acceptors (Lipinski definition) is 2. The lowest BCUT2D eigenvalue weighted by Gasteiger charge is -2.31. The Labute approximate surface area is 104 Å². The first-order valence-corrected chi connectivity index (χ1v) is 6.79. The Morgan fingerprint density at radius 1 is 1.18 bits per heavy atom. The Kier molecular flexibility index (Phi) is 4.43. The second-order valence-corrected chi connectivity index (χ2v) is 4.93. The van der Waals surface area contributed by atoms with Crippen molar-refractivity contribution in [3.63, 3.8) is 0 Å². The van der Waals surface area contributed by atoms with Crippen LogP contribution in [0.15, 0.2) is 24.3 Å². The van der Waals surface area contributed by atoms with Gasteiger partial charge in [0.05, 0.1) is 0 Å². The summed E-state index contributed by atoms with van der Waals surface area (Å²) in [5, 5.41) is 0. The van der Waals surface area contributed by atoms with Crippen LogP contribution in [0.3, 0.4) is 0 Å². The van der Waals surface area contributed by atoms with Gasteiger partial charge in [0.1, 0.15) is 11.9 Å². The second kappa shape index (κ2) is 6.06. The molecule has 2 unspecified atom stereocenters. The molecule has 1 fully saturated rings. The highest BCUT2D eigenvalue weighted by Gasteiger charge is 2.25. The van der Waals surface area contributed by atoms with Gasteiger partial charge in [-0.05, 0) is 49.9 Å². The highest BCUT2D eigenvalue weighted by Crippen LogP contribution is 2.27. The Balaban J connectivity index is 1.98. The molecule has 1 aromatic carbocycles. The first kappa shape index (κ1) is 12.4. The van der Waals surface area contributed by atoms with Gasteiger partial charge in [-0.1, -0.05) is 25.5 Å². The molecule has 0 saturated heterocycles. The van der Waals surface area contributed by atoms with Gasteiger partial charge >= 0.3 is 0 Å². The maximum Gasteiger partial charge on any atom is 0.119 e. The van der Waals surface area contributed by atoms with E-state index in [9.17, 15) is 0 Å². The summed E-state index contributed by atoms with van der Waals surface area (Å²) in [6.07, 6.45) is 6.34. The molecule has 2 atom stereocenters. The quantitative estimate of drug-likeness (QED) is 0.867. The summed E-state index contributed by atoms with van der Waals surface area (Å²) in [4.78, 5) is 0. The van der Waals surface area contributed by atoms with Gasteiger partial charge in [0, 0.05) is 5.92 Å². The number of rotatable bonds is 4. The minimum absolute atomic E-state index is 0.321. The van der Waals surface area contributed by atoms with Crippen LogP contribution in [0.1, 0.15) is 38.2 Å². The van der Waals surface area contributed by atoms with Crippen LogP contribution in [0.25, 0.3) is 0 Å². The van der Waals surface area contributed by atoms with E-state index in [1.165, 1.54) is 24.8 Å². The number of hydrogen-bond donors (Lipinski definition) is 1. The normalized spacial score (nSPS) is 24.6. The van der Waals surface area contributed by atoms with Gasteiger partial charge in [0.2, 0.25) is 0 Å². The smallest absolute Gasteiger partial charge is 0.119 e. The van der Waals surface area contributed by atoms with Gasteiger partial charge in [-0.25, -0.2) is 0 Å². The van der Waals surface area contributed by atoms with Crippen molar-refractivity contribution in [3.8, 4) is 5.75 Å². The van der Waals surface area contributed by atoms with Crippen molar-refractivity contribution < 1.29 is 4.74 Å². The van der Waals surface area contributed by atoms with E-state index in [4.69, 9.17) is 10.5 Å². The molecular weight excluding hydrogens is 210 g/mol. The van der Waals surface area contributed by atoms with Crippen molar-refractivity contribution in [2.75, 3.05) is 6.54 Å². The fourth-order valence-electron chi connectivity index (χ4n) is 2.58. The third kappa shape index (κ3) is 3.22. The van der Waals surface area contributed by atoms with Crippen LogP contribution in [-0.4, -0.2) is 12.6 Å². The molecule has 1 aromatic rings. The first-order valence-electron chi connectivity index (χ1n) is 6.79. The van der Waals surface area contributed by atoms with Crippen molar-refractivity contribution in [3.05, 3.63) is 29.8 Å². The Hall–Kier alpha value is -1.02. The fourth-order valence-corrected chi connectivity index (χ4v) is 2.58. The molecule has 1 aliphatic rings. The number of aryl methyl sites for hydroxylation is 1. The standard InChI is InChI=1S/C15H23NO/c1-2-12-7-9-14(10-8-12)17-15-6-4-3-5-13(15)11-16/h7-10,13,15H,2-6,11,16H2,1H3. The number of ether oxygens (including phenoxy) is 1. The maximum absolute atomic E-state index is 6.08. The van der Waals surface area contributed by atoms with Crippen molar-refractivity contribution in [2.45, 2.75) is 45.1 Å². The van der Waals surface area contributed by atoms with Crippen LogP contribution in [-0.2, 0) is 6.42 Å². The van der Waals surface area contributed by atoms with Gasteiger partial charge in [-0.3, -0.25) is 0 Å². The van der Waals surface area contributed by atoms with Gasteiger partial charge in [-0.2, -0.15) is 0 Å². The summed E-state index contributed by atoms with van der Waals surface area (Å²) < 4.78 is 6.08. The minimum Gasteiger partial charge on any atom is -0.490 e. The van der Waals surface area contributed by atoms with E-state index in [-0.39, 0.29) is 0 Å². The zero-order valence-electron chi connectivity index (χ0n) is 10.7. The molecule has 0 radical (unpaired) electrons. The van der Waals surface area contributed by atoms with Gasteiger partial charge in [0.25, 0.3) is 0 Å². The van der Waals surface area contributed by atoms with Crippen molar-refractivity contribution in [2.24, 2.45) is 11.7 Å². The van der Waals surface area contributed by atoms with Crippen molar-refractivity contribution >= 4 is 0 Å². The van der Waals surface area contributed by atoms with E-state index >= 15 is 0 Å². The van der Waals surface area contributed by atoms with Crippen LogP contribution in [0.4, 0.5) is 0 Å². The van der Waals surface area contributed by atoms with E-state index in [0.717, 1.165) is 25.1 Å². The predicted octanol–water partition coefficient (Wildman–Crippen LogP) is 3.15. The molecule has 94 valence electrons. The molecule has 1 aliphatic carbocycles. The van der Waals surface area contributed by atoms with E-state index in [1.54, 1.807) is 0 Å². The zero-order chi connectivity index (χ0) is 12.1. The molecule has 2 rings (SSSR count). The van der Waals surface area contributed by atoms with E-state index in [1.807, 2.05) is 0 Å². The topological polar surface area (TPSA) is 35.2 Å². The third-order valence-electron chi connectivity index (χ3n) is 3.76. The molecular formula is C15H23NO. The SMILES string of the molecule is CCc1ccc(OC2CCCCC2CN)cc1.